The zero-order valence-corrected chi connectivity index (χ0v) is 19.6. The van der Waals surface area contributed by atoms with E-state index in [1.807, 2.05) is 31.2 Å². The number of amides is 1. The van der Waals surface area contributed by atoms with Gasteiger partial charge in [-0.25, -0.2) is 4.98 Å². The standard InChI is InChI=1S/C25H20ClN5O4/c1-13-3-6-18-19(9-13)28-24(27-18)14-4-8-20(21(10-14)34-2)35-12-22(32)30-31-23-16-11-15(26)5-7-17(16)29-25(23)33/h3-11,29,33H,12H2,1-2H3,(H,27,28). The van der Waals surface area contributed by atoms with E-state index in [4.69, 9.17) is 21.1 Å². The third-order valence-electron chi connectivity index (χ3n) is 5.40. The molecule has 2 aromatic heterocycles. The van der Waals surface area contributed by atoms with Crippen molar-refractivity contribution in [1.82, 2.24) is 15.0 Å². The highest BCUT2D eigenvalue weighted by Crippen LogP contribution is 2.37. The van der Waals surface area contributed by atoms with Gasteiger partial charge in [0.2, 0.25) is 5.88 Å². The lowest BCUT2D eigenvalue weighted by molar-refractivity contribution is -0.120. The number of carbonyl (C=O) groups excluding carboxylic acids is 1. The van der Waals surface area contributed by atoms with Crippen LogP contribution in [-0.4, -0.2) is 39.7 Å². The number of carbonyl (C=O) groups is 1. The normalized spacial score (nSPS) is 11.5. The van der Waals surface area contributed by atoms with E-state index in [2.05, 4.69) is 25.2 Å². The van der Waals surface area contributed by atoms with Gasteiger partial charge in [0.05, 0.1) is 23.7 Å². The third kappa shape index (κ3) is 4.53. The molecule has 0 fully saturated rings. The summed E-state index contributed by atoms with van der Waals surface area (Å²) in [5, 5.41) is 18.6. The lowest BCUT2D eigenvalue weighted by Crippen LogP contribution is -2.08. The minimum Gasteiger partial charge on any atom is -0.493 e. The first kappa shape index (κ1) is 22.4. The van der Waals surface area contributed by atoms with Gasteiger partial charge in [0.1, 0.15) is 5.82 Å². The van der Waals surface area contributed by atoms with Crippen LogP contribution in [0.5, 0.6) is 17.4 Å². The molecule has 0 aliphatic rings. The fraction of sp³-hybridized carbons (Fsp3) is 0.120. The number of H-pyrrole nitrogens is 2. The Morgan fingerprint density at radius 3 is 2.74 bits per heavy atom. The molecule has 0 atom stereocenters. The Kier molecular flexibility index (Phi) is 5.84. The number of imidazole rings is 1. The molecule has 35 heavy (non-hydrogen) atoms. The van der Waals surface area contributed by atoms with Crippen LogP contribution in [0.4, 0.5) is 5.69 Å². The fourth-order valence-electron chi connectivity index (χ4n) is 3.71. The molecule has 10 heteroatoms. The number of benzene rings is 3. The number of nitrogens with one attached hydrogen (secondary N) is 2. The number of hydrogen-bond acceptors (Lipinski definition) is 6. The van der Waals surface area contributed by atoms with Crippen molar-refractivity contribution in [2.75, 3.05) is 13.7 Å². The number of fused-ring (bicyclic) bond motifs is 2. The maximum Gasteiger partial charge on any atom is 0.302 e. The summed E-state index contributed by atoms with van der Waals surface area (Å²) >= 11 is 6.01. The highest BCUT2D eigenvalue weighted by atomic mass is 35.5. The quantitative estimate of drug-likeness (QED) is 0.249. The largest absolute Gasteiger partial charge is 0.493 e. The van der Waals surface area contributed by atoms with Crippen LogP contribution in [0.2, 0.25) is 5.02 Å². The predicted molar refractivity (Wildman–Crippen MR) is 133 cm³/mol. The van der Waals surface area contributed by atoms with Gasteiger partial charge < -0.3 is 24.5 Å². The van der Waals surface area contributed by atoms with Gasteiger partial charge in [-0.1, -0.05) is 17.7 Å². The molecule has 176 valence electrons. The van der Waals surface area contributed by atoms with Crippen molar-refractivity contribution < 1.29 is 19.4 Å². The summed E-state index contributed by atoms with van der Waals surface area (Å²) < 4.78 is 11.1. The molecule has 3 aromatic carbocycles. The predicted octanol–water partition coefficient (Wildman–Crippen LogP) is 6.08. The summed E-state index contributed by atoms with van der Waals surface area (Å²) in [6, 6.07) is 16.3. The van der Waals surface area contributed by atoms with Crippen LogP contribution in [0.3, 0.4) is 0 Å². The number of aromatic nitrogens is 3. The Bertz CT molecular complexity index is 1600. The van der Waals surface area contributed by atoms with E-state index in [-0.39, 0.29) is 18.2 Å². The lowest BCUT2D eigenvalue weighted by atomic mass is 10.2. The smallest absolute Gasteiger partial charge is 0.302 e. The number of ether oxygens (including phenoxy) is 2. The molecule has 2 heterocycles. The molecule has 0 aliphatic carbocycles. The molecule has 5 aromatic rings. The Morgan fingerprint density at radius 1 is 1.06 bits per heavy atom. The van der Waals surface area contributed by atoms with Gasteiger partial charge in [-0.15, -0.1) is 10.2 Å². The van der Waals surface area contributed by atoms with E-state index in [1.54, 1.807) is 30.3 Å². The van der Waals surface area contributed by atoms with E-state index < -0.39 is 5.91 Å². The summed E-state index contributed by atoms with van der Waals surface area (Å²) in [7, 11) is 1.51. The summed E-state index contributed by atoms with van der Waals surface area (Å²) in [6.07, 6.45) is 0. The van der Waals surface area contributed by atoms with Crippen molar-refractivity contribution in [3.05, 3.63) is 65.2 Å². The Labute approximate surface area is 204 Å². The molecule has 0 aliphatic heterocycles. The van der Waals surface area contributed by atoms with Gasteiger partial charge in [0.25, 0.3) is 0 Å². The van der Waals surface area contributed by atoms with E-state index in [0.717, 1.165) is 22.2 Å². The second-order valence-corrected chi connectivity index (χ2v) is 8.30. The molecule has 0 radical (unpaired) electrons. The number of halogens is 1. The summed E-state index contributed by atoms with van der Waals surface area (Å²) in [5.41, 5.74) is 4.50. The van der Waals surface area contributed by atoms with Crippen LogP contribution in [0.25, 0.3) is 33.3 Å². The van der Waals surface area contributed by atoms with E-state index in [1.165, 1.54) is 7.11 Å². The van der Waals surface area contributed by atoms with Crippen LogP contribution in [-0.2, 0) is 4.79 Å². The van der Waals surface area contributed by atoms with Crippen LogP contribution < -0.4 is 9.47 Å². The van der Waals surface area contributed by atoms with Gasteiger partial charge in [-0.2, -0.15) is 0 Å². The van der Waals surface area contributed by atoms with Gasteiger partial charge in [-0.05, 0) is 61.0 Å². The zero-order chi connectivity index (χ0) is 24.5. The maximum atomic E-state index is 12.3. The van der Waals surface area contributed by atoms with E-state index in [9.17, 15) is 9.90 Å². The summed E-state index contributed by atoms with van der Waals surface area (Å²) in [6.45, 7) is 1.65. The van der Waals surface area contributed by atoms with Crippen LogP contribution in [0.1, 0.15) is 5.56 Å². The SMILES string of the molecule is COc1cc(-c2nc3ccc(C)cc3[nH]2)ccc1OCC(=O)N=Nc1c(O)[nH]c2ccc(Cl)cc12. The maximum absolute atomic E-state index is 12.3. The second-order valence-electron chi connectivity index (χ2n) is 7.87. The van der Waals surface area contributed by atoms with Crippen molar-refractivity contribution in [2.45, 2.75) is 6.92 Å². The van der Waals surface area contributed by atoms with Crippen molar-refractivity contribution in [2.24, 2.45) is 10.2 Å². The molecule has 0 saturated carbocycles. The number of azo groups is 1. The molecule has 9 nitrogen and oxygen atoms in total. The minimum absolute atomic E-state index is 0.124. The molecule has 0 saturated heterocycles. The van der Waals surface area contributed by atoms with Crippen LogP contribution in [0, 0.1) is 6.92 Å². The zero-order valence-electron chi connectivity index (χ0n) is 18.8. The van der Waals surface area contributed by atoms with Crippen LogP contribution in [0.15, 0.2) is 64.8 Å². The second kappa shape index (κ2) is 9.11. The molecule has 3 N–H and O–H groups in total. The van der Waals surface area contributed by atoms with Crippen molar-refractivity contribution >= 4 is 45.1 Å². The van der Waals surface area contributed by atoms with Crippen molar-refractivity contribution in [3.63, 3.8) is 0 Å². The number of aromatic amines is 2. The Hall–Kier alpha value is -4.37. The number of hydrogen-bond donors (Lipinski definition) is 3. The van der Waals surface area contributed by atoms with E-state index in [0.29, 0.717) is 33.2 Å². The molecule has 0 bridgehead atoms. The van der Waals surface area contributed by atoms with Crippen molar-refractivity contribution in [1.29, 1.82) is 0 Å². The molecule has 0 spiro atoms. The highest BCUT2D eigenvalue weighted by molar-refractivity contribution is 6.31. The summed E-state index contributed by atoms with van der Waals surface area (Å²) in [4.78, 5) is 23.0. The number of aromatic hydroxyl groups is 1. The van der Waals surface area contributed by atoms with Gasteiger partial charge in [0.15, 0.2) is 23.8 Å². The first-order chi connectivity index (χ1) is 16.9. The first-order valence-corrected chi connectivity index (χ1v) is 11.0. The number of nitrogens with zero attached hydrogens (tertiary/aromatic N) is 3. The number of methoxy groups -OCH3 is 1. The topological polar surface area (TPSA) is 125 Å². The molecule has 1 amide bonds. The number of rotatable bonds is 6. The van der Waals surface area contributed by atoms with Gasteiger partial charge >= 0.3 is 5.91 Å². The minimum atomic E-state index is -0.639. The molecular formula is C25H20ClN5O4. The number of aryl methyl sites for hydroxylation is 1. The molecule has 0 unspecified atom stereocenters. The molecular weight excluding hydrogens is 470 g/mol. The average molecular weight is 490 g/mol. The highest BCUT2D eigenvalue weighted by Gasteiger charge is 2.14. The van der Waals surface area contributed by atoms with E-state index >= 15 is 0 Å². The van der Waals surface area contributed by atoms with Gasteiger partial charge in [-0.3, -0.25) is 4.79 Å². The fourth-order valence-corrected chi connectivity index (χ4v) is 3.88. The average Bonchev–Trinajstić information content (AvgIpc) is 3.40. The van der Waals surface area contributed by atoms with Crippen molar-refractivity contribution in [3.8, 4) is 28.8 Å². The van der Waals surface area contributed by atoms with Gasteiger partial charge in [0, 0.05) is 16.0 Å². The third-order valence-corrected chi connectivity index (χ3v) is 5.64. The lowest BCUT2D eigenvalue weighted by Gasteiger charge is -2.10. The Balaban J connectivity index is 1.31. The summed E-state index contributed by atoms with van der Waals surface area (Å²) in [5.74, 6) is 0.650. The molecule has 5 rings (SSSR count). The Morgan fingerprint density at radius 2 is 1.91 bits per heavy atom. The monoisotopic (exact) mass is 489 g/mol. The first-order valence-electron chi connectivity index (χ1n) is 10.6. The van der Waals surface area contributed by atoms with Crippen LogP contribution >= 0.6 is 11.6 Å².